The fourth-order valence-electron chi connectivity index (χ4n) is 5.62. The number of aromatic nitrogens is 1. The summed E-state index contributed by atoms with van der Waals surface area (Å²) in [4.78, 5) is 56.6. The molecule has 0 fully saturated rings. The van der Waals surface area contributed by atoms with Crippen molar-refractivity contribution in [2.45, 2.75) is 59.0 Å². The van der Waals surface area contributed by atoms with Gasteiger partial charge in [-0.2, -0.15) is 0 Å². The third kappa shape index (κ3) is 6.94. The minimum atomic E-state index is -0.817. The Bertz CT molecular complexity index is 1710. The Morgan fingerprint density at radius 1 is 1.07 bits per heavy atom. The maximum Gasteiger partial charge on any atom is 0.357 e. The number of aryl methyl sites for hydroxylation is 2. The van der Waals surface area contributed by atoms with Crippen LogP contribution in [0.4, 0.5) is 10.8 Å². The fourth-order valence-corrected chi connectivity index (χ4v) is 6.42. The van der Waals surface area contributed by atoms with Gasteiger partial charge in [0.25, 0.3) is 0 Å². The maximum atomic E-state index is 13.9. The average molecular weight is 653 g/mol. The molecule has 3 N–H and O–H groups in total. The summed E-state index contributed by atoms with van der Waals surface area (Å²) in [6, 6.07) is 5.54. The first-order chi connectivity index (χ1) is 22.0. The van der Waals surface area contributed by atoms with Gasteiger partial charge in [-0.15, -0.1) is 11.3 Å². The number of anilines is 2. The van der Waals surface area contributed by atoms with Gasteiger partial charge in [0, 0.05) is 17.4 Å². The molecule has 0 saturated carbocycles. The number of fused-ring (bicyclic) bond motifs is 3. The molecule has 1 aromatic heterocycles. The summed E-state index contributed by atoms with van der Waals surface area (Å²) in [6.45, 7) is 7.00. The maximum absolute atomic E-state index is 13.9. The Morgan fingerprint density at radius 3 is 2.39 bits per heavy atom. The summed E-state index contributed by atoms with van der Waals surface area (Å²) in [6.07, 6.45) is 1.72. The van der Waals surface area contributed by atoms with Crippen molar-refractivity contribution in [2.75, 3.05) is 39.1 Å². The van der Waals surface area contributed by atoms with Gasteiger partial charge in [-0.05, 0) is 60.6 Å². The standard InChI is InChI=1S/C33H40N4O8S/c1-9-16(2)27(31(40)37-33-36-28(17(3)46-33)32(41)45-8)35-23-13-11-20-21(15-24(23)39)22(34-18(4)38)12-10-19-14-25(42-5)29(43-6)30(44-7)26(19)20/h11,13-16,22,27H,9-10,12H2,1-8H3,(H,34,38)(H,35,39)(H,36,37,40)/t16-,22+,27+/m0/s1. The first-order valence-electron chi connectivity index (χ1n) is 14.9. The van der Waals surface area contributed by atoms with Crippen molar-refractivity contribution in [3.63, 3.8) is 0 Å². The Hall–Kier alpha value is -4.65. The van der Waals surface area contributed by atoms with E-state index in [9.17, 15) is 19.2 Å². The Labute approximate surface area is 271 Å². The molecular formula is C33H40N4O8S. The van der Waals surface area contributed by atoms with E-state index < -0.39 is 24.0 Å². The van der Waals surface area contributed by atoms with E-state index in [0.717, 1.165) is 22.5 Å². The minimum Gasteiger partial charge on any atom is -0.493 e. The summed E-state index contributed by atoms with van der Waals surface area (Å²) in [5.41, 5.74) is 2.87. The number of esters is 1. The lowest BCUT2D eigenvalue weighted by molar-refractivity contribution is -0.120. The van der Waals surface area contributed by atoms with Crippen LogP contribution in [-0.4, -0.2) is 57.2 Å². The van der Waals surface area contributed by atoms with Gasteiger partial charge in [-0.3, -0.25) is 14.4 Å². The quantitative estimate of drug-likeness (QED) is 0.244. The number of hydrogen-bond donors (Lipinski definition) is 3. The van der Waals surface area contributed by atoms with Crippen LogP contribution in [0.5, 0.6) is 17.2 Å². The van der Waals surface area contributed by atoms with Crippen molar-refractivity contribution in [3.8, 4) is 28.4 Å². The number of rotatable bonds is 11. The lowest BCUT2D eigenvalue weighted by atomic mass is 9.95. The van der Waals surface area contributed by atoms with E-state index in [1.807, 2.05) is 19.9 Å². The predicted octanol–water partition coefficient (Wildman–Crippen LogP) is 4.88. The molecule has 2 aromatic carbocycles. The van der Waals surface area contributed by atoms with Crippen LogP contribution in [0.15, 0.2) is 29.1 Å². The van der Waals surface area contributed by atoms with Crippen molar-refractivity contribution >= 4 is 39.9 Å². The first-order valence-corrected chi connectivity index (χ1v) is 15.7. The first kappa shape index (κ1) is 34.2. The fraction of sp³-hybridized carbons (Fsp3) is 0.424. The molecule has 13 heteroatoms. The zero-order valence-corrected chi connectivity index (χ0v) is 28.1. The SMILES string of the molecule is CC[C@H](C)[C@@H](Nc1ccc2c(cc1=O)[C@H](NC(C)=O)CCc1cc(OC)c(OC)c(OC)c1-2)C(=O)Nc1nc(C(=O)OC)c(C)s1. The number of ether oxygens (including phenoxy) is 4. The Kier molecular flexibility index (Phi) is 10.9. The second-order valence-electron chi connectivity index (χ2n) is 11.0. The van der Waals surface area contributed by atoms with Crippen molar-refractivity contribution in [2.24, 2.45) is 5.92 Å². The normalized spacial score (nSPS) is 14.8. The second-order valence-corrected chi connectivity index (χ2v) is 12.2. The van der Waals surface area contributed by atoms with Gasteiger partial charge >= 0.3 is 5.97 Å². The highest BCUT2D eigenvalue weighted by molar-refractivity contribution is 7.16. The molecule has 0 radical (unpaired) electrons. The van der Waals surface area contributed by atoms with Gasteiger partial charge in [0.15, 0.2) is 22.3 Å². The van der Waals surface area contributed by atoms with E-state index in [4.69, 9.17) is 18.9 Å². The number of benzene rings is 1. The smallest absolute Gasteiger partial charge is 0.357 e. The van der Waals surface area contributed by atoms with E-state index in [1.165, 1.54) is 34.3 Å². The molecule has 0 unspecified atom stereocenters. The van der Waals surface area contributed by atoms with Gasteiger partial charge in [0.1, 0.15) is 6.04 Å². The molecule has 3 aromatic rings. The van der Waals surface area contributed by atoms with Crippen LogP contribution in [0, 0.1) is 12.8 Å². The average Bonchev–Trinajstić information content (AvgIpc) is 3.24. The topological polar surface area (TPSA) is 154 Å². The van der Waals surface area contributed by atoms with Gasteiger partial charge in [0.05, 0.1) is 40.2 Å². The zero-order valence-electron chi connectivity index (χ0n) is 27.3. The van der Waals surface area contributed by atoms with Gasteiger partial charge in [-0.25, -0.2) is 9.78 Å². The molecule has 1 heterocycles. The van der Waals surface area contributed by atoms with Crippen molar-refractivity contribution in [3.05, 3.63) is 56.2 Å². The minimum absolute atomic E-state index is 0.132. The number of thiazole rings is 1. The van der Waals surface area contributed by atoms with E-state index in [1.54, 1.807) is 26.2 Å². The molecular weight excluding hydrogens is 612 g/mol. The molecule has 1 aliphatic carbocycles. The van der Waals surface area contributed by atoms with Crippen LogP contribution < -0.4 is 35.6 Å². The Balaban J connectivity index is 1.83. The number of amides is 2. The van der Waals surface area contributed by atoms with Crippen molar-refractivity contribution in [1.29, 1.82) is 0 Å². The van der Waals surface area contributed by atoms with Crippen LogP contribution in [0.1, 0.15) is 66.1 Å². The van der Waals surface area contributed by atoms with E-state index in [-0.39, 0.29) is 33.8 Å². The van der Waals surface area contributed by atoms with Crippen LogP contribution in [-0.2, 0) is 20.7 Å². The molecule has 3 atom stereocenters. The van der Waals surface area contributed by atoms with Crippen LogP contribution in [0.2, 0.25) is 0 Å². The Morgan fingerprint density at radius 2 is 1.78 bits per heavy atom. The third-order valence-corrected chi connectivity index (χ3v) is 9.01. The van der Waals surface area contributed by atoms with Crippen molar-refractivity contribution < 1.29 is 33.3 Å². The molecule has 0 spiro atoms. The summed E-state index contributed by atoms with van der Waals surface area (Å²) in [7, 11) is 5.88. The molecule has 46 heavy (non-hydrogen) atoms. The number of carbonyl (C=O) groups excluding carboxylic acids is 3. The number of methoxy groups -OCH3 is 4. The van der Waals surface area contributed by atoms with Crippen LogP contribution in [0.3, 0.4) is 0 Å². The molecule has 246 valence electrons. The molecule has 0 aliphatic heterocycles. The van der Waals surface area contributed by atoms with Gasteiger partial charge < -0.3 is 34.9 Å². The lowest BCUT2D eigenvalue weighted by Crippen LogP contribution is -2.40. The van der Waals surface area contributed by atoms with E-state index in [0.29, 0.717) is 52.5 Å². The van der Waals surface area contributed by atoms with Crippen LogP contribution >= 0.6 is 11.3 Å². The van der Waals surface area contributed by atoms with E-state index >= 15 is 0 Å². The number of hydrogen-bond acceptors (Lipinski definition) is 11. The summed E-state index contributed by atoms with van der Waals surface area (Å²) >= 11 is 1.16. The second kappa shape index (κ2) is 14.6. The highest BCUT2D eigenvalue weighted by atomic mass is 32.1. The highest BCUT2D eigenvalue weighted by Gasteiger charge is 2.31. The van der Waals surface area contributed by atoms with Gasteiger partial charge in [-0.1, -0.05) is 26.3 Å². The third-order valence-electron chi connectivity index (χ3n) is 8.13. The van der Waals surface area contributed by atoms with Gasteiger partial charge in [0.2, 0.25) is 23.0 Å². The summed E-state index contributed by atoms with van der Waals surface area (Å²) < 4.78 is 21.9. The molecule has 4 rings (SSSR count). The number of carbonyl (C=O) groups is 3. The number of nitrogens with one attached hydrogen (secondary N) is 3. The summed E-state index contributed by atoms with van der Waals surface area (Å²) in [5.74, 6) is -0.0764. The van der Waals surface area contributed by atoms with Crippen molar-refractivity contribution in [1.82, 2.24) is 10.3 Å². The molecule has 1 aliphatic rings. The largest absolute Gasteiger partial charge is 0.493 e. The molecule has 12 nitrogen and oxygen atoms in total. The lowest BCUT2D eigenvalue weighted by Gasteiger charge is -2.23. The monoisotopic (exact) mass is 652 g/mol. The molecule has 0 saturated heterocycles. The highest BCUT2D eigenvalue weighted by Crippen LogP contribution is 2.50. The van der Waals surface area contributed by atoms with E-state index in [2.05, 4.69) is 20.9 Å². The zero-order chi connectivity index (χ0) is 33.7. The van der Waals surface area contributed by atoms with Crippen LogP contribution in [0.25, 0.3) is 11.1 Å². The molecule has 2 amide bonds. The summed E-state index contributed by atoms with van der Waals surface area (Å²) in [5, 5.41) is 9.22. The molecule has 0 bridgehead atoms. The predicted molar refractivity (Wildman–Crippen MR) is 176 cm³/mol. The number of nitrogens with zero attached hydrogens (tertiary/aromatic N) is 1.